The van der Waals surface area contributed by atoms with Gasteiger partial charge in [-0.05, 0) is 31.0 Å². The van der Waals surface area contributed by atoms with Crippen molar-refractivity contribution in [3.05, 3.63) is 28.8 Å². The highest BCUT2D eigenvalue weighted by molar-refractivity contribution is 7.85. The number of hydrogen-bond donors (Lipinski definition) is 0. The molecule has 106 valence electrons. The fourth-order valence-corrected chi connectivity index (χ4v) is 3.39. The molecule has 1 aromatic carbocycles. The van der Waals surface area contributed by atoms with Crippen molar-refractivity contribution in [3.63, 3.8) is 0 Å². The van der Waals surface area contributed by atoms with Crippen molar-refractivity contribution >= 4 is 22.4 Å². The van der Waals surface area contributed by atoms with Gasteiger partial charge in [-0.1, -0.05) is 11.6 Å². The maximum atomic E-state index is 12.7. The molecule has 1 aromatic rings. The van der Waals surface area contributed by atoms with Gasteiger partial charge >= 0.3 is 6.18 Å². The van der Waals surface area contributed by atoms with E-state index in [1.54, 1.807) is 0 Å². The molecule has 0 unspecified atom stereocenters. The Balaban J connectivity index is 2.18. The van der Waals surface area contributed by atoms with Crippen LogP contribution in [0.15, 0.2) is 23.1 Å². The van der Waals surface area contributed by atoms with Gasteiger partial charge in [-0.3, -0.25) is 4.21 Å². The van der Waals surface area contributed by atoms with Crippen LogP contribution in [0.4, 0.5) is 13.2 Å². The predicted octanol–water partition coefficient (Wildman–Crippen LogP) is 3.65. The molecular formula is C12H12ClF3O2S. The fraction of sp³-hybridized carbons (Fsp3) is 0.500. The quantitative estimate of drug-likeness (QED) is 0.851. The van der Waals surface area contributed by atoms with Crippen LogP contribution in [-0.2, 0) is 21.7 Å². The van der Waals surface area contributed by atoms with Crippen LogP contribution in [0.1, 0.15) is 18.4 Å². The van der Waals surface area contributed by atoms with Gasteiger partial charge in [0.25, 0.3) is 0 Å². The van der Waals surface area contributed by atoms with Crippen LogP contribution in [0.3, 0.4) is 0 Å². The average molecular weight is 313 g/mol. The minimum Gasteiger partial charge on any atom is -0.377 e. The average Bonchev–Trinajstić information content (AvgIpc) is 2.80. The molecule has 0 aromatic heterocycles. The largest absolute Gasteiger partial charge is 0.417 e. The van der Waals surface area contributed by atoms with Crippen LogP contribution in [0.25, 0.3) is 0 Å². The van der Waals surface area contributed by atoms with E-state index in [9.17, 15) is 17.4 Å². The topological polar surface area (TPSA) is 26.3 Å². The molecule has 2 atom stereocenters. The summed E-state index contributed by atoms with van der Waals surface area (Å²) in [7, 11) is -1.51. The molecule has 7 heteroatoms. The van der Waals surface area contributed by atoms with Crippen molar-refractivity contribution < 1.29 is 22.1 Å². The number of hydrogen-bond acceptors (Lipinski definition) is 2. The molecule has 1 aliphatic rings. The maximum Gasteiger partial charge on any atom is 0.417 e. The Kier molecular flexibility index (Phi) is 4.53. The Bertz CT molecular complexity index is 484. The smallest absolute Gasteiger partial charge is 0.377 e. The molecule has 0 aliphatic carbocycles. The Hall–Kier alpha value is -0.590. The van der Waals surface area contributed by atoms with Crippen molar-refractivity contribution in [2.75, 3.05) is 12.4 Å². The highest BCUT2D eigenvalue weighted by atomic mass is 35.5. The molecule has 1 saturated heterocycles. The number of benzene rings is 1. The Labute approximate surface area is 116 Å². The third-order valence-corrected chi connectivity index (χ3v) is 4.65. The summed E-state index contributed by atoms with van der Waals surface area (Å²) in [5.74, 6) is 0.221. The summed E-state index contributed by atoms with van der Waals surface area (Å²) in [5, 5.41) is -0.384. The molecule has 2 rings (SSSR count). The van der Waals surface area contributed by atoms with E-state index >= 15 is 0 Å². The van der Waals surface area contributed by atoms with Gasteiger partial charge in [0.2, 0.25) is 0 Å². The zero-order valence-electron chi connectivity index (χ0n) is 9.87. The Morgan fingerprint density at radius 1 is 1.42 bits per heavy atom. The van der Waals surface area contributed by atoms with Crippen molar-refractivity contribution in [2.45, 2.75) is 30.0 Å². The SMILES string of the molecule is O=[S@@](C[C@@H]1CCCO1)c1ccc(Cl)c(C(F)(F)F)c1. The molecule has 0 radical (unpaired) electrons. The summed E-state index contributed by atoms with van der Waals surface area (Å²) >= 11 is 5.51. The van der Waals surface area contributed by atoms with E-state index in [0.717, 1.165) is 25.0 Å². The summed E-state index contributed by atoms with van der Waals surface area (Å²) in [6.45, 7) is 0.621. The number of ether oxygens (including phenoxy) is 1. The van der Waals surface area contributed by atoms with Gasteiger partial charge in [0.1, 0.15) is 0 Å². The number of halogens is 4. The fourth-order valence-electron chi connectivity index (χ4n) is 1.90. The monoisotopic (exact) mass is 312 g/mol. The molecule has 1 heterocycles. The highest BCUT2D eigenvalue weighted by Crippen LogP contribution is 2.35. The summed E-state index contributed by atoms with van der Waals surface area (Å²) in [4.78, 5) is 0.132. The van der Waals surface area contributed by atoms with Gasteiger partial charge < -0.3 is 4.74 Å². The van der Waals surface area contributed by atoms with Crippen molar-refractivity contribution in [1.29, 1.82) is 0 Å². The minimum atomic E-state index is -4.54. The van der Waals surface area contributed by atoms with Crippen LogP contribution < -0.4 is 0 Å². The third kappa shape index (κ3) is 3.70. The second-order valence-electron chi connectivity index (χ2n) is 4.29. The van der Waals surface area contributed by atoms with E-state index in [4.69, 9.17) is 16.3 Å². The molecule has 2 nitrogen and oxygen atoms in total. The minimum absolute atomic E-state index is 0.132. The molecule has 0 amide bonds. The molecule has 0 N–H and O–H groups in total. The van der Waals surface area contributed by atoms with Gasteiger partial charge in [-0.2, -0.15) is 13.2 Å². The van der Waals surface area contributed by atoms with Gasteiger partial charge in [-0.15, -0.1) is 0 Å². The molecule has 0 spiro atoms. The third-order valence-electron chi connectivity index (χ3n) is 2.87. The molecule has 0 bridgehead atoms. The van der Waals surface area contributed by atoms with Crippen molar-refractivity contribution in [3.8, 4) is 0 Å². The highest BCUT2D eigenvalue weighted by Gasteiger charge is 2.34. The molecule has 19 heavy (non-hydrogen) atoms. The zero-order valence-corrected chi connectivity index (χ0v) is 11.4. The van der Waals surface area contributed by atoms with Crippen LogP contribution in [0, 0.1) is 0 Å². The van der Waals surface area contributed by atoms with E-state index in [0.29, 0.717) is 6.61 Å². The van der Waals surface area contributed by atoms with E-state index in [1.807, 2.05) is 0 Å². The normalized spacial score (nSPS) is 21.6. The lowest BCUT2D eigenvalue weighted by atomic mass is 10.2. The second-order valence-corrected chi connectivity index (χ2v) is 6.19. The summed E-state index contributed by atoms with van der Waals surface area (Å²) in [6, 6.07) is 3.35. The Morgan fingerprint density at radius 3 is 2.74 bits per heavy atom. The maximum absolute atomic E-state index is 12.7. The van der Waals surface area contributed by atoms with E-state index in [1.165, 1.54) is 6.07 Å². The van der Waals surface area contributed by atoms with Crippen molar-refractivity contribution in [2.24, 2.45) is 0 Å². The van der Waals surface area contributed by atoms with E-state index in [2.05, 4.69) is 0 Å². The first-order valence-electron chi connectivity index (χ1n) is 5.74. The Morgan fingerprint density at radius 2 is 2.16 bits per heavy atom. The summed E-state index contributed by atoms with van der Waals surface area (Å²) in [6.07, 6.45) is -2.98. The van der Waals surface area contributed by atoms with E-state index in [-0.39, 0.29) is 21.8 Å². The predicted molar refractivity (Wildman–Crippen MR) is 66.7 cm³/mol. The molecular weight excluding hydrogens is 301 g/mol. The lowest BCUT2D eigenvalue weighted by Crippen LogP contribution is -2.16. The second kappa shape index (κ2) is 5.81. The standard InChI is InChI=1S/C12H12ClF3O2S/c13-11-4-3-9(6-10(11)12(14,15)16)19(17)7-8-2-1-5-18-8/h3-4,6,8H,1-2,5,7H2/t8-,19-/m0/s1. The summed E-state index contributed by atoms with van der Waals surface area (Å²) in [5.41, 5.74) is -0.952. The van der Waals surface area contributed by atoms with Gasteiger partial charge in [0.05, 0.1) is 33.2 Å². The number of alkyl halides is 3. The first-order chi connectivity index (χ1) is 8.88. The van der Waals surface area contributed by atoms with Crippen LogP contribution >= 0.6 is 11.6 Å². The van der Waals surface area contributed by atoms with Crippen molar-refractivity contribution in [1.82, 2.24) is 0 Å². The van der Waals surface area contributed by atoms with E-state index < -0.39 is 22.5 Å². The van der Waals surface area contributed by atoms with Gasteiger partial charge in [0, 0.05) is 11.5 Å². The zero-order chi connectivity index (χ0) is 14.0. The van der Waals surface area contributed by atoms with Gasteiger partial charge in [0.15, 0.2) is 0 Å². The lowest BCUT2D eigenvalue weighted by Gasteiger charge is -2.12. The van der Waals surface area contributed by atoms with Crippen LogP contribution in [-0.4, -0.2) is 22.7 Å². The van der Waals surface area contributed by atoms with Crippen LogP contribution in [0.5, 0.6) is 0 Å². The molecule has 1 aliphatic heterocycles. The number of rotatable bonds is 3. The first-order valence-corrected chi connectivity index (χ1v) is 7.44. The lowest BCUT2D eigenvalue weighted by molar-refractivity contribution is -0.137. The summed E-state index contributed by atoms with van der Waals surface area (Å²) < 4.78 is 55.4. The van der Waals surface area contributed by atoms with Gasteiger partial charge in [-0.25, -0.2) is 0 Å². The van der Waals surface area contributed by atoms with Crippen LogP contribution in [0.2, 0.25) is 5.02 Å². The first kappa shape index (κ1) is 14.8. The molecule has 0 saturated carbocycles. The molecule has 1 fully saturated rings.